The van der Waals surface area contributed by atoms with Gasteiger partial charge in [0.05, 0.1) is 46.4 Å². The lowest BCUT2D eigenvalue weighted by Crippen LogP contribution is -2.60. The first-order valence-corrected chi connectivity index (χ1v) is 23.9. The average Bonchev–Trinajstić information content (AvgIpc) is 4.01. The van der Waals surface area contributed by atoms with E-state index in [2.05, 4.69) is 37.0 Å². The van der Waals surface area contributed by atoms with Crippen LogP contribution in [0.3, 0.4) is 0 Å². The van der Waals surface area contributed by atoms with Crippen molar-refractivity contribution < 1.29 is 33.1 Å². The molecule has 0 radical (unpaired) electrons. The fraction of sp³-hybridized carbons (Fsp3) is 0.510. The normalized spacial score (nSPS) is 22.6. The van der Waals surface area contributed by atoms with Crippen molar-refractivity contribution in [1.29, 1.82) is 5.26 Å². The Labute approximate surface area is 393 Å². The van der Waals surface area contributed by atoms with Gasteiger partial charge in [-0.3, -0.25) is 19.2 Å². The third-order valence-electron chi connectivity index (χ3n) is 13.7. The van der Waals surface area contributed by atoms with Gasteiger partial charge in [-0.1, -0.05) is 45.0 Å². The lowest BCUT2D eigenvalue weighted by atomic mass is 9.71. The van der Waals surface area contributed by atoms with Gasteiger partial charge in [0.2, 0.25) is 23.6 Å². The zero-order valence-corrected chi connectivity index (χ0v) is 39.3. The number of aliphatic hydroxyl groups is 1. The molecule has 3 saturated heterocycles. The van der Waals surface area contributed by atoms with Crippen LogP contribution in [0.4, 0.5) is 26.2 Å². The van der Waals surface area contributed by atoms with E-state index in [1.807, 2.05) is 71.0 Å². The second-order valence-corrected chi connectivity index (χ2v) is 20.4. The van der Waals surface area contributed by atoms with E-state index in [4.69, 9.17) is 0 Å². The minimum Gasteiger partial charge on any atom is -0.391 e. The van der Waals surface area contributed by atoms with Crippen LogP contribution in [-0.2, 0) is 19.2 Å². The fourth-order valence-corrected chi connectivity index (χ4v) is 10.5. The first-order chi connectivity index (χ1) is 31.9. The summed E-state index contributed by atoms with van der Waals surface area (Å²) < 4.78 is 28.6. The molecule has 1 aromatic carbocycles. The number of rotatable bonds is 12. The maximum atomic E-state index is 14.4. The van der Waals surface area contributed by atoms with Gasteiger partial charge in [0.25, 0.3) is 5.92 Å². The third-order valence-corrected chi connectivity index (χ3v) is 14.7. The van der Waals surface area contributed by atoms with Gasteiger partial charge in [-0.2, -0.15) is 5.26 Å². The van der Waals surface area contributed by atoms with E-state index in [1.54, 1.807) is 38.8 Å². The second-order valence-electron chi connectivity index (χ2n) is 19.6. The summed E-state index contributed by atoms with van der Waals surface area (Å²) in [5.74, 6) is -4.19. The van der Waals surface area contributed by atoms with E-state index in [-0.39, 0.29) is 43.8 Å². The van der Waals surface area contributed by atoms with E-state index in [9.17, 15) is 38.3 Å². The number of piperidine rings is 1. The number of nitrogens with zero attached hydrogens (tertiary/aromatic N) is 7. The fourth-order valence-electron chi connectivity index (χ4n) is 9.67. The Hall–Kier alpha value is -6.06. The van der Waals surface area contributed by atoms with Gasteiger partial charge in [-0.25, -0.2) is 23.7 Å². The molecule has 354 valence electrons. The number of anilines is 3. The molecule has 1 unspecified atom stereocenters. The van der Waals surface area contributed by atoms with Crippen LogP contribution in [0.15, 0.2) is 60.2 Å². The van der Waals surface area contributed by atoms with E-state index in [0.717, 1.165) is 27.3 Å². The van der Waals surface area contributed by atoms with Crippen LogP contribution in [0.25, 0.3) is 10.4 Å². The van der Waals surface area contributed by atoms with Gasteiger partial charge >= 0.3 is 0 Å². The number of halogens is 2. The average molecular weight is 937 g/mol. The molecule has 0 spiro atoms. The summed E-state index contributed by atoms with van der Waals surface area (Å²) >= 11 is 1.56. The van der Waals surface area contributed by atoms with Crippen LogP contribution < -0.4 is 20.9 Å². The van der Waals surface area contributed by atoms with Crippen LogP contribution in [0.1, 0.15) is 101 Å². The summed E-state index contributed by atoms with van der Waals surface area (Å²) in [4.78, 5) is 75.4. The number of aromatic nitrogens is 3. The van der Waals surface area contributed by atoms with E-state index >= 15 is 0 Å². The molecular weight excluding hydrogens is 879 g/mol. The minimum absolute atomic E-state index is 0.00410. The molecule has 8 rings (SSSR count). The first kappa shape index (κ1) is 47.4. The number of nitriles is 1. The Morgan fingerprint density at radius 1 is 0.940 bits per heavy atom. The number of aryl methyl sites for hydroxylation is 1. The number of aliphatic hydroxyl groups excluding tert-OH is 1. The Balaban J connectivity index is 0.889. The van der Waals surface area contributed by atoms with Gasteiger partial charge in [0.1, 0.15) is 29.5 Å². The standard InChI is InChI=1S/C49H58F2N10O5S/c1-28(31-6-8-33(9-7-31)42-29(2)54-27-67-42)55-45(64)38-23-35(62)25-61(38)47(66)43(48(3,4)5)58-44(63)36-10-11-37(36)46(65)59-17-13-32(14-18-59)34-21-40(56-39-20-30(24-52)12-16-53-39)57-41(22-34)60-19-15-49(50,51)26-60/h6-9,12,16,20-22,27-28,32,35-38,43,62H,10-11,13-15,17-19,23,25-26H2,1-5H3,(H,55,64)(H,58,63)(H,53,56,57)/t28-,35+,36?,37+,38-,43+/m0/s1. The van der Waals surface area contributed by atoms with Crippen LogP contribution in [-0.4, -0.2) is 110 Å². The molecule has 4 fully saturated rings. The maximum Gasteiger partial charge on any atom is 0.266 e. The Kier molecular flexibility index (Phi) is 13.6. The Morgan fingerprint density at radius 3 is 2.30 bits per heavy atom. The molecule has 4 amide bonds. The molecule has 3 aromatic heterocycles. The quantitative estimate of drug-likeness (QED) is 0.122. The molecule has 3 aliphatic heterocycles. The maximum absolute atomic E-state index is 14.4. The summed E-state index contributed by atoms with van der Waals surface area (Å²) in [6, 6.07) is 14.5. The summed E-state index contributed by atoms with van der Waals surface area (Å²) in [6.45, 7) is 9.84. The number of hydrogen-bond donors (Lipinski definition) is 4. The predicted molar refractivity (Wildman–Crippen MR) is 249 cm³/mol. The van der Waals surface area contributed by atoms with Crippen molar-refractivity contribution in [2.24, 2.45) is 17.3 Å². The van der Waals surface area contributed by atoms with Gasteiger partial charge in [0, 0.05) is 57.1 Å². The van der Waals surface area contributed by atoms with E-state index in [0.29, 0.717) is 61.8 Å². The van der Waals surface area contributed by atoms with Crippen molar-refractivity contribution in [3.8, 4) is 16.5 Å². The number of pyridine rings is 2. The third kappa shape index (κ3) is 10.6. The van der Waals surface area contributed by atoms with Crippen molar-refractivity contribution in [1.82, 2.24) is 35.4 Å². The smallest absolute Gasteiger partial charge is 0.266 e. The summed E-state index contributed by atoms with van der Waals surface area (Å²) in [6.07, 6.45) is 2.59. The SMILES string of the molecule is Cc1ncsc1-c1ccc([C@H](C)NC(=O)[C@@H]2C[C@@H](O)CN2C(=O)[C@@H](NC(=O)C2CC[C@H]2C(=O)N2CCC(c3cc(Nc4cc(C#N)ccn4)nc(N4CCC(F)(F)C4)c3)CC2)C(C)(C)C)cc1. The number of likely N-dealkylation sites (tertiary alicyclic amines) is 2. The number of hydrogen-bond acceptors (Lipinski definition) is 12. The molecular formula is C49H58F2N10O5S. The van der Waals surface area contributed by atoms with Crippen LogP contribution in [0.5, 0.6) is 0 Å². The minimum atomic E-state index is -2.83. The molecule has 1 saturated carbocycles. The molecule has 15 nitrogen and oxygen atoms in total. The number of β-amino-alcohol motifs (C(OH)–C–C–N with tert-alkyl or cyclic N) is 1. The lowest BCUT2D eigenvalue weighted by molar-refractivity contribution is -0.151. The molecule has 4 aromatic rings. The summed E-state index contributed by atoms with van der Waals surface area (Å²) in [5, 5.41) is 29.3. The number of carbonyl (C=O) groups excluding carboxylic acids is 4. The number of alkyl halides is 2. The van der Waals surface area contributed by atoms with E-state index < -0.39 is 65.6 Å². The van der Waals surface area contributed by atoms with Crippen molar-refractivity contribution in [2.75, 3.05) is 42.9 Å². The Bertz CT molecular complexity index is 2540. The van der Waals surface area contributed by atoms with Gasteiger partial charge < -0.3 is 35.8 Å². The molecule has 1 aliphatic carbocycles. The number of thiazole rings is 1. The monoisotopic (exact) mass is 936 g/mol. The van der Waals surface area contributed by atoms with Crippen LogP contribution in [0.2, 0.25) is 0 Å². The highest BCUT2D eigenvalue weighted by atomic mass is 32.1. The number of benzene rings is 1. The van der Waals surface area contributed by atoms with E-state index in [1.165, 1.54) is 11.1 Å². The lowest BCUT2D eigenvalue weighted by Gasteiger charge is -2.42. The predicted octanol–water partition coefficient (Wildman–Crippen LogP) is 6.47. The first-order valence-electron chi connectivity index (χ1n) is 23.0. The molecule has 4 N–H and O–H groups in total. The molecule has 18 heteroatoms. The number of carbonyl (C=O) groups is 4. The van der Waals surface area contributed by atoms with Crippen LogP contribution in [0, 0.1) is 35.5 Å². The summed E-state index contributed by atoms with van der Waals surface area (Å²) in [5.41, 5.74) is 5.18. The molecule has 6 atom stereocenters. The van der Waals surface area contributed by atoms with Gasteiger partial charge in [-0.05, 0) is 91.8 Å². The second kappa shape index (κ2) is 19.3. The Morgan fingerprint density at radius 2 is 1.67 bits per heavy atom. The summed E-state index contributed by atoms with van der Waals surface area (Å²) in [7, 11) is 0. The van der Waals surface area contributed by atoms with Crippen LogP contribution >= 0.6 is 11.3 Å². The van der Waals surface area contributed by atoms with Gasteiger partial charge in [-0.15, -0.1) is 11.3 Å². The molecule has 0 bridgehead atoms. The highest BCUT2D eigenvalue weighted by molar-refractivity contribution is 7.13. The number of nitrogens with one attached hydrogen (secondary N) is 3. The van der Waals surface area contributed by atoms with Gasteiger partial charge in [0.15, 0.2) is 0 Å². The van der Waals surface area contributed by atoms with Crippen molar-refractivity contribution in [3.63, 3.8) is 0 Å². The number of amides is 4. The highest BCUT2D eigenvalue weighted by Gasteiger charge is 2.48. The van der Waals surface area contributed by atoms with Crippen molar-refractivity contribution in [3.05, 3.63) is 82.6 Å². The largest absolute Gasteiger partial charge is 0.391 e. The van der Waals surface area contributed by atoms with Crippen molar-refractivity contribution in [2.45, 2.75) is 109 Å². The molecule has 6 heterocycles. The van der Waals surface area contributed by atoms with Crippen molar-refractivity contribution >= 4 is 52.4 Å². The zero-order valence-electron chi connectivity index (χ0n) is 38.5. The zero-order chi connectivity index (χ0) is 47.8. The highest BCUT2D eigenvalue weighted by Crippen LogP contribution is 2.40. The molecule has 4 aliphatic rings. The topological polar surface area (TPSA) is 197 Å². The molecule has 67 heavy (non-hydrogen) atoms.